The fourth-order valence-electron chi connectivity index (χ4n) is 1.81. The number of hydrogen-bond donors (Lipinski definition) is 1. The van der Waals surface area contributed by atoms with E-state index in [2.05, 4.69) is 0 Å². The van der Waals surface area contributed by atoms with E-state index in [9.17, 15) is 12.6 Å². The molecule has 0 bridgehead atoms. The van der Waals surface area contributed by atoms with E-state index in [0.717, 1.165) is 0 Å². The SMILES string of the molecule is Nc1cc(Cl)ccc1S(=O)C1CCS(=O)(=O)C1. The van der Waals surface area contributed by atoms with Crippen molar-refractivity contribution in [2.45, 2.75) is 16.6 Å². The van der Waals surface area contributed by atoms with Crippen molar-refractivity contribution >= 4 is 37.9 Å². The van der Waals surface area contributed by atoms with Crippen LogP contribution in [-0.2, 0) is 20.6 Å². The molecule has 2 atom stereocenters. The summed E-state index contributed by atoms with van der Waals surface area (Å²) in [4.78, 5) is 0.469. The first-order chi connectivity index (χ1) is 7.89. The Balaban J connectivity index is 2.27. The number of benzene rings is 1. The van der Waals surface area contributed by atoms with Gasteiger partial charge in [0.05, 0.1) is 32.5 Å². The van der Waals surface area contributed by atoms with E-state index in [4.69, 9.17) is 17.3 Å². The summed E-state index contributed by atoms with van der Waals surface area (Å²) in [5, 5.41) is 0.116. The zero-order valence-electron chi connectivity index (χ0n) is 8.93. The van der Waals surface area contributed by atoms with Gasteiger partial charge in [-0.05, 0) is 24.6 Å². The summed E-state index contributed by atoms with van der Waals surface area (Å²) in [5.41, 5.74) is 6.08. The van der Waals surface area contributed by atoms with Crippen LogP contribution >= 0.6 is 11.6 Å². The Morgan fingerprint density at radius 1 is 1.41 bits per heavy atom. The summed E-state index contributed by atoms with van der Waals surface area (Å²) in [6.45, 7) is 0. The molecule has 0 saturated carbocycles. The lowest BCUT2D eigenvalue weighted by molar-refractivity contribution is 0.602. The van der Waals surface area contributed by atoms with Crippen LogP contribution in [0.4, 0.5) is 5.69 Å². The molecule has 0 radical (unpaired) electrons. The number of sulfone groups is 1. The predicted molar refractivity (Wildman–Crippen MR) is 69.3 cm³/mol. The minimum atomic E-state index is -3.03. The van der Waals surface area contributed by atoms with E-state index < -0.39 is 20.6 Å². The van der Waals surface area contributed by atoms with E-state index in [1.54, 1.807) is 12.1 Å². The molecule has 2 N–H and O–H groups in total. The van der Waals surface area contributed by atoms with Gasteiger partial charge in [0.15, 0.2) is 9.84 Å². The number of nitrogen functional groups attached to an aromatic ring is 1. The minimum absolute atomic E-state index is 0.0261. The normalized spacial score (nSPS) is 24.6. The highest BCUT2D eigenvalue weighted by Crippen LogP contribution is 2.27. The Kier molecular flexibility index (Phi) is 3.47. The first-order valence-electron chi connectivity index (χ1n) is 5.05. The third-order valence-electron chi connectivity index (χ3n) is 2.68. The average molecular weight is 294 g/mol. The van der Waals surface area contributed by atoms with Crippen molar-refractivity contribution in [3.05, 3.63) is 23.2 Å². The van der Waals surface area contributed by atoms with E-state index in [0.29, 0.717) is 22.0 Å². The minimum Gasteiger partial charge on any atom is -0.398 e. The largest absolute Gasteiger partial charge is 0.398 e. The lowest BCUT2D eigenvalue weighted by Gasteiger charge is -2.10. The van der Waals surface area contributed by atoms with Crippen LogP contribution in [0.5, 0.6) is 0 Å². The maximum atomic E-state index is 12.2. The Labute approximate surface area is 108 Å². The highest BCUT2D eigenvalue weighted by molar-refractivity contribution is 7.94. The molecule has 1 heterocycles. The van der Waals surface area contributed by atoms with Gasteiger partial charge in [0.1, 0.15) is 0 Å². The van der Waals surface area contributed by atoms with Crippen LogP contribution in [-0.4, -0.2) is 29.4 Å². The highest BCUT2D eigenvalue weighted by Gasteiger charge is 2.33. The van der Waals surface area contributed by atoms with Gasteiger partial charge in [-0.2, -0.15) is 0 Å². The van der Waals surface area contributed by atoms with Gasteiger partial charge in [-0.25, -0.2) is 8.42 Å². The summed E-state index contributed by atoms with van der Waals surface area (Å²) in [5.74, 6) is 0.0819. The molecule has 1 saturated heterocycles. The second kappa shape index (κ2) is 4.59. The Bertz CT molecular complexity index is 571. The Morgan fingerprint density at radius 3 is 2.65 bits per heavy atom. The van der Waals surface area contributed by atoms with Crippen LogP contribution in [0.1, 0.15) is 6.42 Å². The van der Waals surface area contributed by atoms with Crippen molar-refractivity contribution < 1.29 is 12.6 Å². The van der Waals surface area contributed by atoms with Crippen LogP contribution in [0.3, 0.4) is 0 Å². The second-order valence-electron chi connectivity index (χ2n) is 4.00. The van der Waals surface area contributed by atoms with E-state index in [1.807, 2.05) is 0 Å². The third kappa shape index (κ3) is 2.81. The standard InChI is InChI=1S/C10H12ClNO3S2/c11-7-1-2-10(9(12)5-7)16(13)8-3-4-17(14,15)6-8/h1-2,5,8H,3-4,6,12H2. The number of nitrogens with two attached hydrogens (primary N) is 1. The van der Waals surface area contributed by atoms with Crippen LogP contribution in [0.15, 0.2) is 23.1 Å². The average Bonchev–Trinajstić information content (AvgIpc) is 2.58. The van der Waals surface area contributed by atoms with Gasteiger partial charge < -0.3 is 5.73 Å². The molecule has 0 spiro atoms. The van der Waals surface area contributed by atoms with E-state index >= 15 is 0 Å². The molecular weight excluding hydrogens is 282 g/mol. The van der Waals surface area contributed by atoms with Gasteiger partial charge in [0, 0.05) is 10.7 Å². The molecule has 1 aromatic rings. The summed E-state index contributed by atoms with van der Waals surface area (Å²) in [7, 11) is -4.42. The number of hydrogen-bond acceptors (Lipinski definition) is 4. The van der Waals surface area contributed by atoms with Gasteiger partial charge in [-0.15, -0.1) is 0 Å². The Hall–Kier alpha value is -0.590. The summed E-state index contributed by atoms with van der Waals surface area (Å²) >= 11 is 5.75. The molecule has 17 heavy (non-hydrogen) atoms. The van der Waals surface area contributed by atoms with Crippen molar-refractivity contribution in [2.75, 3.05) is 17.2 Å². The zero-order chi connectivity index (χ0) is 12.6. The highest BCUT2D eigenvalue weighted by atomic mass is 35.5. The topological polar surface area (TPSA) is 77.2 Å². The van der Waals surface area contributed by atoms with Gasteiger partial charge in [0.25, 0.3) is 0 Å². The summed E-state index contributed by atoms with van der Waals surface area (Å²) in [6, 6.07) is 4.73. The van der Waals surface area contributed by atoms with Gasteiger partial charge in [0.2, 0.25) is 0 Å². The quantitative estimate of drug-likeness (QED) is 0.832. The van der Waals surface area contributed by atoms with Crippen molar-refractivity contribution in [1.82, 2.24) is 0 Å². The molecule has 1 fully saturated rings. The maximum absolute atomic E-state index is 12.2. The predicted octanol–water partition coefficient (Wildman–Crippen LogP) is 1.22. The molecule has 0 amide bonds. The smallest absolute Gasteiger partial charge is 0.151 e. The first-order valence-corrected chi connectivity index (χ1v) is 8.46. The molecule has 1 aromatic carbocycles. The van der Waals surface area contributed by atoms with Crippen LogP contribution < -0.4 is 5.73 Å². The molecule has 94 valence electrons. The van der Waals surface area contributed by atoms with Crippen molar-refractivity contribution in [3.8, 4) is 0 Å². The molecule has 0 aromatic heterocycles. The zero-order valence-corrected chi connectivity index (χ0v) is 11.3. The molecule has 2 rings (SSSR count). The molecule has 1 aliphatic rings. The van der Waals surface area contributed by atoms with Crippen molar-refractivity contribution in [2.24, 2.45) is 0 Å². The number of anilines is 1. The molecule has 0 aliphatic carbocycles. The molecule has 2 unspecified atom stereocenters. The van der Waals surface area contributed by atoms with Crippen LogP contribution in [0.25, 0.3) is 0 Å². The first kappa shape index (κ1) is 12.9. The Morgan fingerprint density at radius 2 is 2.12 bits per heavy atom. The van der Waals surface area contributed by atoms with Crippen molar-refractivity contribution in [1.29, 1.82) is 0 Å². The maximum Gasteiger partial charge on any atom is 0.151 e. The lowest BCUT2D eigenvalue weighted by atomic mass is 10.3. The second-order valence-corrected chi connectivity index (χ2v) is 8.37. The van der Waals surface area contributed by atoms with Gasteiger partial charge >= 0.3 is 0 Å². The molecular formula is C10H12ClNO3S2. The summed E-state index contributed by atoms with van der Waals surface area (Å²) in [6.07, 6.45) is 0.428. The molecule has 4 nitrogen and oxygen atoms in total. The van der Waals surface area contributed by atoms with Gasteiger partial charge in [-0.1, -0.05) is 11.6 Å². The monoisotopic (exact) mass is 293 g/mol. The fourth-order valence-corrected chi connectivity index (χ4v) is 5.99. The lowest BCUT2D eigenvalue weighted by Crippen LogP contribution is -2.17. The van der Waals surface area contributed by atoms with Crippen LogP contribution in [0, 0.1) is 0 Å². The third-order valence-corrected chi connectivity index (χ3v) is 6.71. The van der Waals surface area contributed by atoms with Crippen molar-refractivity contribution in [3.63, 3.8) is 0 Å². The van der Waals surface area contributed by atoms with Gasteiger partial charge in [-0.3, -0.25) is 4.21 Å². The van der Waals surface area contributed by atoms with Crippen LogP contribution in [0.2, 0.25) is 5.02 Å². The fraction of sp³-hybridized carbons (Fsp3) is 0.400. The number of rotatable bonds is 2. The van der Waals surface area contributed by atoms with E-state index in [1.165, 1.54) is 6.07 Å². The van der Waals surface area contributed by atoms with E-state index in [-0.39, 0.29) is 16.8 Å². The number of halogens is 1. The molecule has 1 aliphatic heterocycles. The molecule has 7 heteroatoms. The summed E-state index contributed by atoms with van der Waals surface area (Å²) < 4.78 is 34.8.